The molecule has 2 unspecified atom stereocenters. The minimum Gasteiger partial charge on any atom is -0.478 e. The van der Waals surface area contributed by atoms with Crippen molar-refractivity contribution in [3.8, 4) is 0 Å². The van der Waals surface area contributed by atoms with Gasteiger partial charge in [-0.2, -0.15) is 13.2 Å². The van der Waals surface area contributed by atoms with E-state index in [9.17, 15) is 23.1 Å². The Balaban J connectivity index is 1.90. The highest BCUT2D eigenvalue weighted by Gasteiger charge is 2.54. The zero-order valence-electron chi connectivity index (χ0n) is 17.8. The van der Waals surface area contributed by atoms with E-state index in [1.165, 1.54) is 12.1 Å². The molecule has 172 valence electrons. The molecule has 0 spiro atoms. The first-order valence-electron chi connectivity index (χ1n) is 10.6. The first kappa shape index (κ1) is 23.8. The lowest BCUT2D eigenvalue weighted by Gasteiger charge is -2.31. The van der Waals surface area contributed by atoms with Crippen molar-refractivity contribution in [3.05, 3.63) is 71.3 Å². The molecule has 1 aliphatic heterocycles. The maximum absolute atomic E-state index is 13.0. The number of aliphatic carboxylic acids is 1. The summed E-state index contributed by atoms with van der Waals surface area (Å²) >= 11 is 0. The van der Waals surface area contributed by atoms with Crippen LogP contribution in [-0.4, -0.2) is 22.4 Å². The van der Waals surface area contributed by atoms with Crippen LogP contribution >= 0.6 is 0 Å². The second-order valence-electron chi connectivity index (χ2n) is 7.87. The first-order chi connectivity index (χ1) is 15.3. The van der Waals surface area contributed by atoms with E-state index in [-0.39, 0.29) is 18.6 Å². The number of hydrogen-bond acceptors (Lipinski definition) is 4. The fourth-order valence-electron chi connectivity index (χ4n) is 3.69. The van der Waals surface area contributed by atoms with Crippen molar-refractivity contribution < 1.29 is 32.6 Å². The topological polar surface area (TPSA) is 68.1 Å². The molecular weight excluding hydrogens is 423 g/mol. The quantitative estimate of drug-likeness (QED) is 0.442. The number of ether oxygens (including phenoxy) is 1. The van der Waals surface area contributed by atoms with Gasteiger partial charge in [0.1, 0.15) is 6.10 Å². The molecule has 8 heteroatoms. The Hall–Kier alpha value is -2.87. The third-order valence-corrected chi connectivity index (χ3v) is 5.46. The average molecular weight is 449 g/mol. The molecule has 5 nitrogen and oxygen atoms in total. The number of hydrogen-bond donors (Lipinski definition) is 1. The lowest BCUT2D eigenvalue weighted by Crippen LogP contribution is -2.46. The summed E-state index contributed by atoms with van der Waals surface area (Å²) in [6, 6.07) is 13.4. The minimum absolute atomic E-state index is 0.00647. The molecule has 0 bridgehead atoms. The molecule has 3 rings (SSSR count). The third-order valence-electron chi connectivity index (χ3n) is 5.46. The largest absolute Gasteiger partial charge is 0.478 e. The average Bonchev–Trinajstić information content (AvgIpc) is 3.20. The third kappa shape index (κ3) is 5.48. The summed E-state index contributed by atoms with van der Waals surface area (Å²) in [6.07, 6.45) is -2.21. The molecule has 0 aliphatic carbocycles. The van der Waals surface area contributed by atoms with Crippen LogP contribution in [0, 0.1) is 0 Å². The Kier molecular flexibility index (Phi) is 7.56. The van der Waals surface area contributed by atoms with E-state index in [1.54, 1.807) is 0 Å². The molecule has 2 aromatic carbocycles. The summed E-state index contributed by atoms with van der Waals surface area (Å²) in [7, 11) is 0. The van der Waals surface area contributed by atoms with Gasteiger partial charge in [-0.1, -0.05) is 67.4 Å². The van der Waals surface area contributed by atoms with Crippen molar-refractivity contribution in [1.29, 1.82) is 0 Å². The number of carbonyl (C=O) groups is 1. The minimum atomic E-state index is -4.50. The Bertz CT molecular complexity index is 929. The van der Waals surface area contributed by atoms with Gasteiger partial charge in [0.15, 0.2) is 0 Å². The predicted octanol–water partition coefficient (Wildman–Crippen LogP) is 6.14. The fraction of sp³-hybridized carbons (Fsp3) is 0.417. The number of halogens is 3. The van der Waals surface area contributed by atoms with Crippen LogP contribution in [0.25, 0.3) is 0 Å². The van der Waals surface area contributed by atoms with Gasteiger partial charge in [-0.05, 0) is 36.1 Å². The Morgan fingerprint density at radius 2 is 1.84 bits per heavy atom. The summed E-state index contributed by atoms with van der Waals surface area (Å²) in [4.78, 5) is 17.9. The molecule has 32 heavy (non-hydrogen) atoms. The van der Waals surface area contributed by atoms with Crippen molar-refractivity contribution in [2.45, 2.75) is 63.5 Å². The Morgan fingerprint density at radius 3 is 2.44 bits per heavy atom. The summed E-state index contributed by atoms with van der Waals surface area (Å²) in [5.74, 6) is -1.27. The van der Waals surface area contributed by atoms with Crippen LogP contribution in [0.1, 0.15) is 61.8 Å². The van der Waals surface area contributed by atoms with Gasteiger partial charge >= 0.3 is 12.1 Å². The van der Waals surface area contributed by atoms with E-state index >= 15 is 0 Å². The van der Waals surface area contributed by atoms with E-state index in [2.05, 4.69) is 12.1 Å². The number of carboxylic acids is 1. The van der Waals surface area contributed by atoms with Crippen molar-refractivity contribution in [1.82, 2.24) is 0 Å². The van der Waals surface area contributed by atoms with Crippen molar-refractivity contribution in [2.75, 3.05) is 0 Å². The Morgan fingerprint density at radius 1 is 1.16 bits per heavy atom. The van der Waals surface area contributed by atoms with Gasteiger partial charge in [-0.25, -0.2) is 4.79 Å². The molecule has 0 fully saturated rings. The number of nitrogens with zero attached hydrogens (tertiary/aromatic N) is 1. The van der Waals surface area contributed by atoms with Gasteiger partial charge < -0.3 is 14.7 Å². The standard InChI is InChI=1S/C24H26F3NO4/c1-2-3-5-10-20-15-23(22(29)30,32-28-20)21(31-16-17-8-6-4-7-9-17)18-11-13-19(14-12-18)24(25,26)27/h4,6-9,11-14,21H,2-3,5,10,15-16H2,1H3,(H,29,30). The Labute approximate surface area is 184 Å². The van der Waals surface area contributed by atoms with Crippen molar-refractivity contribution in [3.63, 3.8) is 0 Å². The highest BCUT2D eigenvalue weighted by Crippen LogP contribution is 2.42. The molecule has 0 radical (unpaired) electrons. The molecule has 2 atom stereocenters. The van der Waals surface area contributed by atoms with Gasteiger partial charge in [0, 0.05) is 6.42 Å². The summed E-state index contributed by atoms with van der Waals surface area (Å²) in [5, 5.41) is 14.1. The van der Waals surface area contributed by atoms with Crippen LogP contribution in [0.4, 0.5) is 13.2 Å². The normalized spacial score (nSPS) is 19.3. The SMILES string of the molecule is CCCCCC1=NOC(C(=O)O)(C(OCc2ccccc2)c2ccc(C(F)(F)F)cc2)C1. The van der Waals surface area contributed by atoms with Crippen LogP contribution in [0.3, 0.4) is 0 Å². The second kappa shape index (κ2) is 10.2. The summed E-state index contributed by atoms with van der Waals surface area (Å²) in [5.41, 5.74) is -0.985. The number of alkyl halides is 3. The smallest absolute Gasteiger partial charge is 0.416 e. The van der Waals surface area contributed by atoms with E-state index in [1.807, 2.05) is 30.3 Å². The number of carboxylic acid groups (broad SMARTS) is 1. The van der Waals surface area contributed by atoms with Gasteiger partial charge in [0.25, 0.3) is 5.60 Å². The zero-order valence-corrected chi connectivity index (χ0v) is 17.8. The molecule has 1 heterocycles. The molecule has 1 aliphatic rings. The summed E-state index contributed by atoms with van der Waals surface area (Å²) in [6.45, 7) is 2.13. The lowest BCUT2D eigenvalue weighted by atomic mass is 9.85. The molecule has 0 saturated carbocycles. The van der Waals surface area contributed by atoms with Crippen molar-refractivity contribution >= 4 is 11.7 Å². The number of rotatable bonds is 10. The maximum Gasteiger partial charge on any atom is 0.416 e. The molecule has 0 amide bonds. The molecule has 0 aromatic heterocycles. The molecular formula is C24H26F3NO4. The van der Waals surface area contributed by atoms with E-state index in [0.29, 0.717) is 12.1 Å². The fourth-order valence-corrected chi connectivity index (χ4v) is 3.69. The van der Waals surface area contributed by atoms with Crippen LogP contribution in [-0.2, 0) is 27.2 Å². The van der Waals surface area contributed by atoms with Gasteiger partial charge in [-0.15, -0.1) is 0 Å². The predicted molar refractivity (Wildman–Crippen MR) is 113 cm³/mol. The highest BCUT2D eigenvalue weighted by molar-refractivity contribution is 5.93. The number of benzene rings is 2. The van der Waals surface area contributed by atoms with E-state index in [0.717, 1.165) is 37.0 Å². The van der Waals surface area contributed by atoms with Crippen molar-refractivity contribution in [2.24, 2.45) is 5.16 Å². The number of oxime groups is 1. The molecule has 0 saturated heterocycles. The molecule has 2 aromatic rings. The van der Waals surface area contributed by atoms with Gasteiger partial charge in [0.2, 0.25) is 0 Å². The maximum atomic E-state index is 13.0. The first-order valence-corrected chi connectivity index (χ1v) is 10.6. The van der Waals surface area contributed by atoms with E-state index < -0.39 is 29.4 Å². The van der Waals surface area contributed by atoms with Crippen LogP contribution in [0.2, 0.25) is 0 Å². The number of unbranched alkanes of at least 4 members (excludes halogenated alkanes) is 2. The highest BCUT2D eigenvalue weighted by atomic mass is 19.4. The lowest BCUT2D eigenvalue weighted by molar-refractivity contribution is -0.187. The van der Waals surface area contributed by atoms with Crippen LogP contribution in [0.5, 0.6) is 0 Å². The second-order valence-corrected chi connectivity index (χ2v) is 7.87. The van der Waals surface area contributed by atoms with Gasteiger partial charge in [-0.3, -0.25) is 0 Å². The monoisotopic (exact) mass is 449 g/mol. The van der Waals surface area contributed by atoms with Gasteiger partial charge in [0.05, 0.1) is 17.9 Å². The molecule has 1 N–H and O–H groups in total. The zero-order chi connectivity index (χ0) is 23.2. The summed E-state index contributed by atoms with van der Waals surface area (Å²) < 4.78 is 45.1. The van der Waals surface area contributed by atoms with Crippen LogP contribution < -0.4 is 0 Å². The van der Waals surface area contributed by atoms with Crippen LogP contribution in [0.15, 0.2) is 59.8 Å². The van der Waals surface area contributed by atoms with E-state index in [4.69, 9.17) is 9.57 Å².